The van der Waals surface area contributed by atoms with Gasteiger partial charge in [0, 0.05) is 6.42 Å². The van der Waals surface area contributed by atoms with Gasteiger partial charge in [-0.3, -0.25) is 9.63 Å². The average Bonchev–Trinajstić information content (AvgIpc) is 2.45. The lowest BCUT2D eigenvalue weighted by Gasteiger charge is -2.13. The molecule has 0 amide bonds. The molecule has 0 aliphatic heterocycles. The third-order valence-corrected chi connectivity index (χ3v) is 2.36. The maximum atomic E-state index is 11.1. The number of hydrogen-bond acceptors (Lipinski definition) is 4. The van der Waals surface area contributed by atoms with Gasteiger partial charge in [0.15, 0.2) is 0 Å². The molecule has 1 aromatic carbocycles. The van der Waals surface area contributed by atoms with E-state index in [0.29, 0.717) is 5.75 Å². The summed E-state index contributed by atoms with van der Waals surface area (Å²) >= 11 is 0. The molecule has 1 aromatic rings. The first-order valence-electron chi connectivity index (χ1n) is 5.86. The molecule has 5 nitrogen and oxygen atoms in total. The molecule has 104 valence electrons. The fraction of sp³-hybridized carbons (Fsp3) is 0.267. The van der Waals surface area contributed by atoms with E-state index in [9.17, 15) is 4.79 Å². The molecule has 0 spiro atoms. The number of hydrogen-bond donors (Lipinski definition) is 2. The van der Waals surface area contributed by atoms with Gasteiger partial charge < -0.3 is 9.84 Å². The van der Waals surface area contributed by atoms with Crippen LogP contribution in [-0.2, 0) is 16.1 Å². The fourth-order valence-corrected chi connectivity index (χ4v) is 1.45. The number of rotatable bonds is 8. The highest BCUT2D eigenvalue weighted by molar-refractivity contribution is 5.73. The molecule has 2 N–H and O–H groups in total. The molecule has 1 rings (SSSR count). The molecule has 20 heavy (non-hydrogen) atoms. The highest BCUT2D eigenvalue weighted by Gasteiger charge is 2.17. The number of hydroxylamine groups is 1. The Morgan fingerprint density at radius 1 is 1.25 bits per heavy atom. The van der Waals surface area contributed by atoms with Crippen LogP contribution in [0.1, 0.15) is 5.56 Å². The van der Waals surface area contributed by atoms with Crippen LogP contribution in [0.4, 0.5) is 0 Å². The summed E-state index contributed by atoms with van der Waals surface area (Å²) in [4.78, 5) is 15.9. The Morgan fingerprint density at radius 3 is 2.45 bits per heavy atom. The van der Waals surface area contributed by atoms with Crippen LogP contribution >= 0.6 is 0 Å². The molecule has 0 aliphatic rings. The van der Waals surface area contributed by atoms with Gasteiger partial charge in [0.2, 0.25) is 0 Å². The lowest BCUT2D eigenvalue weighted by atomic mass is 10.1. The molecule has 0 aliphatic carbocycles. The van der Waals surface area contributed by atoms with Gasteiger partial charge in [-0.15, -0.1) is 12.8 Å². The Bertz CT molecular complexity index is 510. The molecule has 0 saturated carbocycles. The monoisotopic (exact) mass is 273 g/mol. The molecule has 1 atom stereocenters. The first kappa shape index (κ1) is 15.6. The molecular weight excluding hydrogens is 258 g/mol. The van der Waals surface area contributed by atoms with Gasteiger partial charge in [0.1, 0.15) is 25.0 Å². The van der Waals surface area contributed by atoms with Gasteiger partial charge in [0.05, 0.1) is 0 Å². The predicted octanol–water partition coefficient (Wildman–Crippen LogP) is 0.849. The van der Waals surface area contributed by atoms with Gasteiger partial charge in [-0.05, 0) is 17.7 Å². The van der Waals surface area contributed by atoms with Crippen molar-refractivity contribution in [2.45, 2.75) is 12.5 Å². The van der Waals surface area contributed by atoms with Crippen molar-refractivity contribution >= 4 is 5.97 Å². The van der Waals surface area contributed by atoms with Crippen LogP contribution in [0.15, 0.2) is 24.3 Å². The Balaban J connectivity index is 2.58. The van der Waals surface area contributed by atoms with E-state index in [2.05, 4.69) is 17.3 Å². The minimum Gasteiger partial charge on any atom is -0.481 e. The van der Waals surface area contributed by atoms with Crippen LogP contribution < -0.4 is 10.2 Å². The van der Waals surface area contributed by atoms with E-state index in [4.69, 9.17) is 27.5 Å². The zero-order valence-corrected chi connectivity index (χ0v) is 10.8. The van der Waals surface area contributed by atoms with Crippen molar-refractivity contribution in [2.24, 2.45) is 0 Å². The normalized spacial score (nSPS) is 11.1. The Kier molecular flexibility index (Phi) is 6.70. The minimum atomic E-state index is -1.02. The van der Waals surface area contributed by atoms with Crippen LogP contribution in [0.3, 0.4) is 0 Å². The van der Waals surface area contributed by atoms with E-state index < -0.39 is 12.0 Å². The lowest BCUT2D eigenvalue weighted by Crippen LogP contribution is -2.38. The summed E-state index contributed by atoms with van der Waals surface area (Å²) in [5.41, 5.74) is 3.24. The molecule has 0 unspecified atom stereocenters. The first-order chi connectivity index (χ1) is 9.67. The van der Waals surface area contributed by atoms with E-state index >= 15 is 0 Å². The second-order valence-corrected chi connectivity index (χ2v) is 3.84. The summed E-state index contributed by atoms with van der Waals surface area (Å²) in [6.07, 6.45) is 10.4. The smallest absolute Gasteiger partial charge is 0.323 e. The van der Waals surface area contributed by atoms with Crippen LogP contribution in [0.25, 0.3) is 0 Å². The molecule has 0 heterocycles. The van der Waals surface area contributed by atoms with Gasteiger partial charge in [-0.25, -0.2) is 0 Å². The number of aliphatic carboxylic acids is 1. The van der Waals surface area contributed by atoms with E-state index in [1.165, 1.54) is 0 Å². The molecule has 0 fully saturated rings. The van der Waals surface area contributed by atoms with Crippen LogP contribution in [-0.4, -0.2) is 30.3 Å². The highest BCUT2D eigenvalue weighted by Crippen LogP contribution is 2.13. The highest BCUT2D eigenvalue weighted by atomic mass is 16.6. The van der Waals surface area contributed by atoms with Crippen molar-refractivity contribution in [3.8, 4) is 30.4 Å². The first-order valence-corrected chi connectivity index (χ1v) is 5.86. The van der Waals surface area contributed by atoms with Crippen molar-refractivity contribution in [3.05, 3.63) is 29.8 Å². The van der Waals surface area contributed by atoms with Crippen molar-refractivity contribution < 1.29 is 19.5 Å². The summed E-state index contributed by atoms with van der Waals surface area (Å²) in [5, 5.41) is 9.06. The summed E-state index contributed by atoms with van der Waals surface area (Å²) in [6.45, 7) is 0.196. The number of carbonyl (C=O) groups is 1. The van der Waals surface area contributed by atoms with Crippen LogP contribution in [0.5, 0.6) is 5.75 Å². The van der Waals surface area contributed by atoms with Crippen molar-refractivity contribution in [3.63, 3.8) is 0 Å². The number of carboxylic acid groups (broad SMARTS) is 1. The molecular formula is C15H15NO4. The van der Waals surface area contributed by atoms with Crippen LogP contribution in [0.2, 0.25) is 0 Å². The Morgan fingerprint density at radius 2 is 1.90 bits per heavy atom. The van der Waals surface area contributed by atoms with Gasteiger partial charge in [-0.1, -0.05) is 24.0 Å². The summed E-state index contributed by atoms with van der Waals surface area (Å²) < 4.78 is 5.23. The minimum absolute atomic E-state index is 0.00263. The summed E-state index contributed by atoms with van der Waals surface area (Å²) in [5.74, 6) is 4.22. The van der Waals surface area contributed by atoms with Gasteiger partial charge in [-0.2, -0.15) is 5.48 Å². The van der Waals surface area contributed by atoms with E-state index in [1.54, 1.807) is 24.3 Å². The number of terminal acetylenes is 2. The maximum absolute atomic E-state index is 11.1. The second-order valence-electron chi connectivity index (χ2n) is 3.84. The number of ether oxygens (including phenoxy) is 1. The summed E-state index contributed by atoms with van der Waals surface area (Å²) in [6, 6.07) is 6.12. The standard InChI is InChI=1S/C15H15NO4/c1-3-9-19-13-7-5-12(6-8-13)11-14(15(17)18)16-20-10-4-2/h1-2,5-8,14,16H,9-11H2,(H,17,18)/t14-/m0/s1. The van der Waals surface area contributed by atoms with E-state index in [-0.39, 0.29) is 19.6 Å². The van der Waals surface area contributed by atoms with Crippen LogP contribution in [0, 0.1) is 24.7 Å². The van der Waals surface area contributed by atoms with Crippen molar-refractivity contribution in [1.82, 2.24) is 5.48 Å². The number of nitrogens with one attached hydrogen (secondary N) is 1. The van der Waals surface area contributed by atoms with Gasteiger partial charge >= 0.3 is 5.97 Å². The van der Waals surface area contributed by atoms with Crippen molar-refractivity contribution in [1.29, 1.82) is 0 Å². The zero-order valence-electron chi connectivity index (χ0n) is 10.8. The largest absolute Gasteiger partial charge is 0.481 e. The van der Waals surface area contributed by atoms with Gasteiger partial charge in [0.25, 0.3) is 0 Å². The third kappa shape index (κ3) is 5.45. The molecule has 0 aromatic heterocycles. The predicted molar refractivity (Wildman–Crippen MR) is 73.8 cm³/mol. The topological polar surface area (TPSA) is 67.8 Å². The molecule has 0 saturated heterocycles. The lowest BCUT2D eigenvalue weighted by molar-refractivity contribution is -0.143. The SMILES string of the molecule is C#CCON[C@@H](Cc1ccc(OCC#C)cc1)C(=O)O. The second kappa shape index (κ2) is 8.60. The molecule has 5 heteroatoms. The Hall–Kier alpha value is -2.47. The number of carboxylic acids is 1. The molecule has 0 bridgehead atoms. The molecule has 0 radical (unpaired) electrons. The van der Waals surface area contributed by atoms with E-state index in [1.807, 2.05) is 0 Å². The zero-order chi connectivity index (χ0) is 14.8. The average molecular weight is 273 g/mol. The maximum Gasteiger partial charge on any atom is 0.323 e. The summed E-state index contributed by atoms with van der Waals surface area (Å²) in [7, 11) is 0. The third-order valence-electron chi connectivity index (χ3n) is 2.36. The fourth-order valence-electron chi connectivity index (χ4n) is 1.45. The Labute approximate surface area is 117 Å². The quantitative estimate of drug-likeness (QED) is 0.417. The van der Waals surface area contributed by atoms with E-state index in [0.717, 1.165) is 5.56 Å². The van der Waals surface area contributed by atoms with Crippen molar-refractivity contribution in [2.75, 3.05) is 13.2 Å². The number of benzene rings is 1.